The van der Waals surface area contributed by atoms with Crippen molar-refractivity contribution in [3.05, 3.63) is 65.3 Å². The first-order valence-corrected chi connectivity index (χ1v) is 11.9. The lowest BCUT2D eigenvalue weighted by Crippen LogP contribution is -2.36. The molecule has 5 rings (SSSR count). The fourth-order valence-corrected chi connectivity index (χ4v) is 4.47. The second kappa shape index (κ2) is 9.18. The molecule has 1 amide bonds. The lowest BCUT2D eigenvalue weighted by Gasteiger charge is -2.29. The van der Waals surface area contributed by atoms with Gasteiger partial charge in [-0.1, -0.05) is 11.6 Å². The summed E-state index contributed by atoms with van der Waals surface area (Å²) in [5.74, 6) is -2.35. The van der Waals surface area contributed by atoms with Gasteiger partial charge in [0.05, 0.1) is 41.3 Å². The number of imidazole rings is 1. The quantitative estimate of drug-likeness (QED) is 0.416. The normalized spacial score (nSPS) is 14.4. The minimum atomic E-state index is -0.811. The molecule has 1 aliphatic heterocycles. The summed E-state index contributed by atoms with van der Waals surface area (Å²) in [7, 11) is 0. The zero-order chi connectivity index (χ0) is 25.6. The molecule has 188 valence electrons. The van der Waals surface area contributed by atoms with Gasteiger partial charge in [-0.2, -0.15) is 9.49 Å². The van der Waals surface area contributed by atoms with Crippen LogP contribution < -0.4 is 10.2 Å². The standard InChI is InChI=1S/C25H25ClF2N6O2/c1-25(2,3)34-22(28)17(13-30-34)24(35)31-20-11-16(18(26)12-19(20)27)15-10-21(32-6-8-36-9-7-32)23-29-4-5-33(23)14-15/h4-5,10-14H,6-9H2,1-3H3,(H,31,35). The number of amides is 1. The molecule has 4 heterocycles. The molecule has 1 N–H and O–H groups in total. The van der Waals surface area contributed by atoms with Gasteiger partial charge in [0.25, 0.3) is 5.91 Å². The van der Waals surface area contributed by atoms with Gasteiger partial charge in [0, 0.05) is 42.8 Å². The van der Waals surface area contributed by atoms with Crippen molar-refractivity contribution in [1.82, 2.24) is 19.2 Å². The minimum absolute atomic E-state index is 0.124. The highest BCUT2D eigenvalue weighted by atomic mass is 35.5. The maximum atomic E-state index is 14.8. The maximum absolute atomic E-state index is 14.8. The second-order valence-corrected chi connectivity index (χ2v) is 9.98. The van der Waals surface area contributed by atoms with Gasteiger partial charge < -0.3 is 19.4 Å². The number of morpholine rings is 1. The molecular formula is C25H25ClF2N6O2. The molecule has 4 aromatic rings. The number of carbonyl (C=O) groups is 1. The SMILES string of the molecule is CC(C)(C)n1ncc(C(=O)Nc2cc(-c3cc(N4CCOCC4)c4nccn4c3)c(Cl)cc2F)c1F. The van der Waals surface area contributed by atoms with E-state index in [-0.39, 0.29) is 16.3 Å². The molecule has 11 heteroatoms. The van der Waals surface area contributed by atoms with Crippen molar-refractivity contribution in [2.24, 2.45) is 0 Å². The van der Waals surface area contributed by atoms with Gasteiger partial charge in [-0.05, 0) is 39.0 Å². The van der Waals surface area contributed by atoms with Crippen LogP contribution in [0.4, 0.5) is 20.2 Å². The molecular weight excluding hydrogens is 490 g/mol. The summed E-state index contributed by atoms with van der Waals surface area (Å²) in [6.07, 6.45) is 6.49. The van der Waals surface area contributed by atoms with Gasteiger partial charge in [0.15, 0.2) is 5.65 Å². The second-order valence-electron chi connectivity index (χ2n) is 9.57. The summed E-state index contributed by atoms with van der Waals surface area (Å²) < 4.78 is 38.1. The van der Waals surface area contributed by atoms with Crippen molar-refractivity contribution in [2.75, 3.05) is 36.5 Å². The highest BCUT2D eigenvalue weighted by Gasteiger charge is 2.25. The van der Waals surface area contributed by atoms with Crippen LogP contribution in [0.1, 0.15) is 31.1 Å². The molecule has 3 aromatic heterocycles. The largest absolute Gasteiger partial charge is 0.378 e. The number of anilines is 2. The lowest BCUT2D eigenvalue weighted by atomic mass is 10.1. The van der Waals surface area contributed by atoms with E-state index in [1.54, 1.807) is 27.0 Å². The number of nitrogens with one attached hydrogen (secondary N) is 1. The summed E-state index contributed by atoms with van der Waals surface area (Å²) in [5.41, 5.74) is 1.81. The van der Waals surface area contributed by atoms with Crippen molar-refractivity contribution in [2.45, 2.75) is 26.3 Å². The van der Waals surface area contributed by atoms with E-state index in [2.05, 4.69) is 20.3 Å². The van der Waals surface area contributed by atoms with E-state index < -0.39 is 23.2 Å². The lowest BCUT2D eigenvalue weighted by molar-refractivity contribution is 0.102. The van der Waals surface area contributed by atoms with E-state index in [0.29, 0.717) is 37.4 Å². The van der Waals surface area contributed by atoms with Gasteiger partial charge >= 0.3 is 0 Å². The Balaban J connectivity index is 1.52. The average Bonchev–Trinajstić information content (AvgIpc) is 3.47. The van der Waals surface area contributed by atoms with Crippen LogP contribution in [0.5, 0.6) is 0 Å². The Hall–Kier alpha value is -3.50. The molecule has 0 spiro atoms. The summed E-state index contributed by atoms with van der Waals surface area (Å²) >= 11 is 6.45. The predicted molar refractivity (Wildman–Crippen MR) is 134 cm³/mol. The molecule has 1 saturated heterocycles. The fourth-order valence-electron chi connectivity index (χ4n) is 4.21. The first-order valence-electron chi connectivity index (χ1n) is 11.5. The van der Waals surface area contributed by atoms with Crippen molar-refractivity contribution in [3.8, 4) is 11.1 Å². The Morgan fingerprint density at radius 2 is 1.92 bits per heavy atom. The number of hydrogen-bond acceptors (Lipinski definition) is 5. The Morgan fingerprint density at radius 3 is 2.61 bits per heavy atom. The van der Waals surface area contributed by atoms with E-state index >= 15 is 0 Å². The van der Waals surface area contributed by atoms with E-state index in [9.17, 15) is 13.6 Å². The van der Waals surface area contributed by atoms with Crippen LogP contribution in [0.2, 0.25) is 5.02 Å². The number of ether oxygens (including phenoxy) is 1. The van der Waals surface area contributed by atoms with Gasteiger partial charge in [0.1, 0.15) is 11.4 Å². The van der Waals surface area contributed by atoms with E-state index in [1.807, 2.05) is 22.9 Å². The number of benzene rings is 1. The third-order valence-electron chi connectivity index (χ3n) is 6.03. The molecule has 0 radical (unpaired) electrons. The van der Waals surface area contributed by atoms with E-state index in [1.165, 1.54) is 6.07 Å². The molecule has 8 nitrogen and oxygen atoms in total. The molecule has 0 unspecified atom stereocenters. The van der Waals surface area contributed by atoms with Gasteiger partial charge in [-0.15, -0.1) is 0 Å². The van der Waals surface area contributed by atoms with Gasteiger partial charge in [0.2, 0.25) is 5.95 Å². The first-order chi connectivity index (χ1) is 17.1. The molecule has 1 fully saturated rings. The summed E-state index contributed by atoms with van der Waals surface area (Å²) in [6.45, 7) is 7.91. The number of nitrogens with zero attached hydrogens (tertiary/aromatic N) is 5. The molecule has 1 aliphatic rings. The molecule has 0 saturated carbocycles. The number of rotatable bonds is 4. The first kappa shape index (κ1) is 24.2. The highest BCUT2D eigenvalue weighted by molar-refractivity contribution is 6.33. The number of pyridine rings is 1. The van der Waals surface area contributed by atoms with Crippen LogP contribution in [0.25, 0.3) is 16.8 Å². The summed E-state index contributed by atoms with van der Waals surface area (Å²) in [5, 5.41) is 6.61. The minimum Gasteiger partial charge on any atom is -0.378 e. The molecule has 1 aromatic carbocycles. The maximum Gasteiger partial charge on any atom is 0.262 e. The average molecular weight is 515 g/mol. The highest BCUT2D eigenvalue weighted by Crippen LogP contribution is 2.36. The number of halogens is 3. The van der Waals surface area contributed by atoms with Crippen LogP contribution >= 0.6 is 11.6 Å². The number of fused-ring (bicyclic) bond motifs is 1. The topological polar surface area (TPSA) is 76.7 Å². The summed E-state index contributed by atoms with van der Waals surface area (Å²) in [6, 6.07) is 4.52. The van der Waals surface area contributed by atoms with Gasteiger partial charge in [-0.25, -0.2) is 14.1 Å². The van der Waals surface area contributed by atoms with E-state index in [4.69, 9.17) is 16.3 Å². The zero-order valence-electron chi connectivity index (χ0n) is 20.1. The van der Waals surface area contributed by atoms with E-state index in [0.717, 1.165) is 28.3 Å². The molecule has 0 bridgehead atoms. The molecule has 36 heavy (non-hydrogen) atoms. The monoisotopic (exact) mass is 514 g/mol. The Kier molecular flexibility index (Phi) is 6.17. The van der Waals surface area contributed by atoms with Crippen LogP contribution in [0.15, 0.2) is 43.0 Å². The third kappa shape index (κ3) is 4.42. The van der Waals surface area contributed by atoms with Crippen molar-refractivity contribution >= 4 is 34.5 Å². The van der Waals surface area contributed by atoms with Crippen LogP contribution in [0, 0.1) is 11.8 Å². The third-order valence-corrected chi connectivity index (χ3v) is 6.34. The molecule has 0 atom stereocenters. The molecule has 0 aliphatic carbocycles. The number of aromatic nitrogens is 4. The van der Waals surface area contributed by atoms with Crippen LogP contribution in [0.3, 0.4) is 0 Å². The van der Waals surface area contributed by atoms with Gasteiger partial charge in [-0.3, -0.25) is 4.79 Å². The van der Waals surface area contributed by atoms with Crippen LogP contribution in [-0.2, 0) is 10.3 Å². The Bertz CT molecular complexity index is 1450. The fraction of sp³-hybridized carbons (Fsp3) is 0.320. The number of carbonyl (C=O) groups excluding carboxylic acids is 1. The van der Waals surface area contributed by atoms with Crippen molar-refractivity contribution in [1.29, 1.82) is 0 Å². The Labute approximate surface area is 211 Å². The van der Waals surface area contributed by atoms with Crippen molar-refractivity contribution < 1.29 is 18.3 Å². The number of hydrogen-bond donors (Lipinski definition) is 1. The Morgan fingerprint density at radius 1 is 1.17 bits per heavy atom. The predicted octanol–water partition coefficient (Wildman–Crippen LogP) is 4.97. The summed E-state index contributed by atoms with van der Waals surface area (Å²) in [4.78, 5) is 19.5. The van der Waals surface area contributed by atoms with Crippen molar-refractivity contribution in [3.63, 3.8) is 0 Å². The smallest absolute Gasteiger partial charge is 0.262 e. The zero-order valence-corrected chi connectivity index (χ0v) is 20.8. The van der Waals surface area contributed by atoms with Crippen LogP contribution in [-0.4, -0.2) is 51.4 Å².